The van der Waals surface area contributed by atoms with Crippen LogP contribution in [-0.4, -0.2) is 25.9 Å². The van der Waals surface area contributed by atoms with E-state index in [1.807, 2.05) is 0 Å². The van der Waals surface area contributed by atoms with E-state index in [0.29, 0.717) is 6.10 Å². The second-order valence-corrected chi connectivity index (χ2v) is 3.06. The summed E-state index contributed by atoms with van der Waals surface area (Å²) in [6.45, 7) is 8.73. The maximum atomic E-state index is 5.45. The van der Waals surface area contributed by atoms with Crippen molar-refractivity contribution in [3.63, 3.8) is 0 Å². The predicted octanol–water partition coefficient (Wildman–Crippen LogP) is 2.62. The average Bonchev–Trinajstić information content (AvgIpc) is 2.10. The van der Waals surface area contributed by atoms with E-state index >= 15 is 0 Å². The molecule has 0 heterocycles. The van der Waals surface area contributed by atoms with Crippen LogP contribution in [0.2, 0.25) is 0 Å². The second kappa shape index (κ2) is 9.01. The molecule has 0 N–H and O–H groups in total. The van der Waals surface area contributed by atoms with Crippen molar-refractivity contribution < 1.29 is 9.47 Å². The van der Waals surface area contributed by atoms with Crippen molar-refractivity contribution in [1.29, 1.82) is 0 Å². The molecule has 0 aliphatic heterocycles. The molecule has 1 unspecified atom stereocenters. The first-order valence-electron chi connectivity index (χ1n) is 5.00. The lowest BCUT2D eigenvalue weighted by atomic mass is 10.3. The molecule has 2 nitrogen and oxygen atoms in total. The van der Waals surface area contributed by atoms with Gasteiger partial charge in [-0.3, -0.25) is 0 Å². The molecule has 0 rings (SSSR count). The normalized spacial score (nSPS) is 13.2. The summed E-state index contributed by atoms with van der Waals surface area (Å²) in [5.41, 5.74) is 0. The molecule has 0 aliphatic rings. The van der Waals surface area contributed by atoms with E-state index < -0.39 is 0 Å². The van der Waals surface area contributed by atoms with Crippen molar-refractivity contribution in [3.05, 3.63) is 0 Å². The summed E-state index contributed by atoms with van der Waals surface area (Å²) >= 11 is 0. The van der Waals surface area contributed by atoms with Crippen molar-refractivity contribution in [3.8, 4) is 0 Å². The molecule has 0 spiro atoms. The monoisotopic (exact) mass is 174 g/mol. The van der Waals surface area contributed by atoms with Crippen LogP contribution in [0.4, 0.5) is 0 Å². The van der Waals surface area contributed by atoms with Gasteiger partial charge in [0.05, 0.1) is 19.3 Å². The van der Waals surface area contributed by atoms with Gasteiger partial charge in [0.25, 0.3) is 0 Å². The Morgan fingerprint density at radius 3 is 2.42 bits per heavy atom. The number of hydrogen-bond donors (Lipinski definition) is 0. The SMILES string of the molecule is CCCCOCCOC(C)CC. The Hall–Kier alpha value is -0.0800. The summed E-state index contributed by atoms with van der Waals surface area (Å²) < 4.78 is 10.8. The fourth-order valence-corrected chi connectivity index (χ4v) is 0.775. The van der Waals surface area contributed by atoms with Gasteiger partial charge in [0.2, 0.25) is 0 Å². The van der Waals surface area contributed by atoms with E-state index in [9.17, 15) is 0 Å². The van der Waals surface area contributed by atoms with Crippen LogP contribution in [0.1, 0.15) is 40.0 Å². The van der Waals surface area contributed by atoms with Gasteiger partial charge in [-0.2, -0.15) is 0 Å². The smallest absolute Gasteiger partial charge is 0.0704 e. The van der Waals surface area contributed by atoms with Crippen molar-refractivity contribution in [2.75, 3.05) is 19.8 Å². The van der Waals surface area contributed by atoms with Gasteiger partial charge in [0, 0.05) is 6.61 Å². The standard InChI is InChI=1S/C10H22O2/c1-4-6-7-11-8-9-12-10(3)5-2/h10H,4-9H2,1-3H3. The third-order valence-electron chi connectivity index (χ3n) is 1.85. The van der Waals surface area contributed by atoms with Crippen LogP contribution in [0.5, 0.6) is 0 Å². The minimum Gasteiger partial charge on any atom is -0.379 e. The highest BCUT2D eigenvalue weighted by atomic mass is 16.5. The first-order valence-corrected chi connectivity index (χ1v) is 5.00. The molecule has 0 radical (unpaired) electrons. The highest BCUT2D eigenvalue weighted by Crippen LogP contribution is 1.95. The van der Waals surface area contributed by atoms with Gasteiger partial charge >= 0.3 is 0 Å². The van der Waals surface area contributed by atoms with Crippen molar-refractivity contribution in [2.24, 2.45) is 0 Å². The molecule has 2 heteroatoms. The Labute approximate surface area is 76.3 Å². The first-order chi connectivity index (χ1) is 5.81. The van der Waals surface area contributed by atoms with E-state index in [-0.39, 0.29) is 0 Å². The zero-order chi connectivity index (χ0) is 9.23. The zero-order valence-electron chi connectivity index (χ0n) is 8.64. The minimum atomic E-state index is 0.375. The minimum absolute atomic E-state index is 0.375. The molecule has 0 saturated carbocycles. The molecular weight excluding hydrogens is 152 g/mol. The fourth-order valence-electron chi connectivity index (χ4n) is 0.775. The van der Waals surface area contributed by atoms with Crippen LogP contribution in [0, 0.1) is 0 Å². The van der Waals surface area contributed by atoms with Crippen LogP contribution in [-0.2, 0) is 9.47 Å². The molecule has 0 aromatic heterocycles. The molecule has 0 aromatic rings. The summed E-state index contributed by atoms with van der Waals surface area (Å²) in [5, 5.41) is 0. The van der Waals surface area contributed by atoms with E-state index in [4.69, 9.17) is 9.47 Å². The Balaban J connectivity index is 2.90. The van der Waals surface area contributed by atoms with E-state index in [1.54, 1.807) is 0 Å². The van der Waals surface area contributed by atoms with Gasteiger partial charge in [-0.05, 0) is 19.8 Å². The van der Waals surface area contributed by atoms with E-state index in [0.717, 1.165) is 32.7 Å². The van der Waals surface area contributed by atoms with Crippen LogP contribution in [0.3, 0.4) is 0 Å². The Bertz CT molecular complexity index is 83.9. The molecule has 0 bridgehead atoms. The maximum Gasteiger partial charge on any atom is 0.0704 e. The maximum absolute atomic E-state index is 5.45. The first kappa shape index (κ1) is 11.9. The molecule has 0 saturated heterocycles. The molecule has 12 heavy (non-hydrogen) atoms. The molecule has 0 aromatic carbocycles. The molecule has 0 fully saturated rings. The van der Waals surface area contributed by atoms with Gasteiger partial charge in [0.15, 0.2) is 0 Å². The van der Waals surface area contributed by atoms with E-state index in [2.05, 4.69) is 20.8 Å². The van der Waals surface area contributed by atoms with Crippen LogP contribution < -0.4 is 0 Å². The molecule has 0 amide bonds. The van der Waals surface area contributed by atoms with Crippen LogP contribution in [0.15, 0.2) is 0 Å². The third-order valence-corrected chi connectivity index (χ3v) is 1.85. The number of hydrogen-bond acceptors (Lipinski definition) is 2. The van der Waals surface area contributed by atoms with Gasteiger partial charge in [-0.25, -0.2) is 0 Å². The molecule has 0 aliphatic carbocycles. The van der Waals surface area contributed by atoms with E-state index in [1.165, 1.54) is 6.42 Å². The van der Waals surface area contributed by atoms with Crippen molar-refractivity contribution >= 4 is 0 Å². The number of unbranched alkanes of at least 4 members (excludes halogenated alkanes) is 1. The number of ether oxygens (including phenoxy) is 2. The molecule has 1 atom stereocenters. The fraction of sp³-hybridized carbons (Fsp3) is 1.00. The Morgan fingerprint density at radius 1 is 1.08 bits per heavy atom. The summed E-state index contributed by atoms with van der Waals surface area (Å²) in [7, 11) is 0. The largest absolute Gasteiger partial charge is 0.379 e. The van der Waals surface area contributed by atoms with Crippen molar-refractivity contribution in [1.82, 2.24) is 0 Å². The highest BCUT2D eigenvalue weighted by molar-refractivity contribution is 4.43. The summed E-state index contributed by atoms with van der Waals surface area (Å²) in [4.78, 5) is 0. The lowest BCUT2D eigenvalue weighted by molar-refractivity contribution is 0.0105. The van der Waals surface area contributed by atoms with Gasteiger partial charge in [-0.1, -0.05) is 20.3 Å². The number of rotatable bonds is 8. The lowest BCUT2D eigenvalue weighted by Gasteiger charge is -2.10. The average molecular weight is 174 g/mol. The van der Waals surface area contributed by atoms with Crippen molar-refractivity contribution in [2.45, 2.75) is 46.1 Å². The topological polar surface area (TPSA) is 18.5 Å². The quantitative estimate of drug-likeness (QED) is 0.527. The Kier molecular flexibility index (Phi) is 8.95. The highest BCUT2D eigenvalue weighted by Gasteiger charge is 1.96. The second-order valence-electron chi connectivity index (χ2n) is 3.06. The third kappa shape index (κ3) is 8.02. The zero-order valence-corrected chi connectivity index (χ0v) is 8.64. The van der Waals surface area contributed by atoms with Crippen LogP contribution >= 0.6 is 0 Å². The predicted molar refractivity (Wildman–Crippen MR) is 51.4 cm³/mol. The van der Waals surface area contributed by atoms with Crippen LogP contribution in [0.25, 0.3) is 0 Å². The summed E-state index contributed by atoms with van der Waals surface area (Å²) in [5.74, 6) is 0. The van der Waals surface area contributed by atoms with Gasteiger partial charge < -0.3 is 9.47 Å². The lowest BCUT2D eigenvalue weighted by Crippen LogP contribution is -2.12. The Morgan fingerprint density at radius 2 is 1.83 bits per heavy atom. The molecular formula is C10H22O2. The summed E-state index contributed by atoms with van der Waals surface area (Å²) in [6, 6.07) is 0. The van der Waals surface area contributed by atoms with Gasteiger partial charge in [0.1, 0.15) is 0 Å². The van der Waals surface area contributed by atoms with Gasteiger partial charge in [-0.15, -0.1) is 0 Å². The summed E-state index contributed by atoms with van der Waals surface area (Å²) in [6.07, 6.45) is 3.81. The molecule has 74 valence electrons.